The van der Waals surface area contributed by atoms with E-state index in [2.05, 4.69) is 10.2 Å². The molecule has 1 amide bonds. The molecule has 0 saturated carbocycles. The van der Waals surface area contributed by atoms with Crippen LogP contribution in [0.25, 0.3) is 5.52 Å². The smallest absolute Gasteiger partial charge is 0.251 e. The minimum Gasteiger partial charge on any atom is -0.348 e. The summed E-state index contributed by atoms with van der Waals surface area (Å²) < 4.78 is 1.92. The van der Waals surface area contributed by atoms with E-state index < -0.39 is 0 Å². The quantitative estimate of drug-likeness (QED) is 0.925. The van der Waals surface area contributed by atoms with Crippen molar-refractivity contribution in [2.75, 3.05) is 19.6 Å². The van der Waals surface area contributed by atoms with Crippen molar-refractivity contribution < 1.29 is 4.79 Å². The molecule has 4 nitrogen and oxygen atoms in total. The molecular formula is C16H18ClN3O. The fraction of sp³-hybridized carbons (Fsp3) is 0.438. The van der Waals surface area contributed by atoms with Gasteiger partial charge in [0.05, 0.1) is 5.02 Å². The van der Waals surface area contributed by atoms with Gasteiger partial charge in [0, 0.05) is 36.1 Å². The summed E-state index contributed by atoms with van der Waals surface area (Å²) in [6.07, 6.45) is 6.13. The summed E-state index contributed by atoms with van der Waals surface area (Å²) in [5.41, 5.74) is 1.65. The van der Waals surface area contributed by atoms with E-state index >= 15 is 0 Å². The lowest BCUT2D eigenvalue weighted by atomic mass is 9.84. The molecule has 0 spiro atoms. The Morgan fingerprint density at radius 3 is 2.81 bits per heavy atom. The van der Waals surface area contributed by atoms with Gasteiger partial charge in [-0.1, -0.05) is 11.6 Å². The minimum atomic E-state index is 0.0218. The van der Waals surface area contributed by atoms with Crippen LogP contribution < -0.4 is 5.32 Å². The Balaban J connectivity index is 1.53. The van der Waals surface area contributed by atoms with Gasteiger partial charge in [-0.3, -0.25) is 4.79 Å². The first-order valence-electron chi connectivity index (χ1n) is 7.49. The fourth-order valence-electron chi connectivity index (χ4n) is 3.60. The van der Waals surface area contributed by atoms with Crippen LogP contribution in [0.2, 0.25) is 5.02 Å². The maximum atomic E-state index is 12.5. The Labute approximate surface area is 128 Å². The number of amides is 1. The summed E-state index contributed by atoms with van der Waals surface area (Å²) in [6, 6.07) is 5.90. The second-order valence-electron chi connectivity index (χ2n) is 6.12. The highest BCUT2D eigenvalue weighted by atomic mass is 35.5. The first-order valence-corrected chi connectivity index (χ1v) is 7.87. The Morgan fingerprint density at radius 1 is 1.29 bits per heavy atom. The van der Waals surface area contributed by atoms with Gasteiger partial charge in [-0.25, -0.2) is 0 Å². The number of nitrogens with zero attached hydrogens (tertiary/aromatic N) is 2. The van der Waals surface area contributed by atoms with E-state index in [0.29, 0.717) is 22.5 Å². The predicted molar refractivity (Wildman–Crippen MR) is 82.8 cm³/mol. The van der Waals surface area contributed by atoms with Crippen molar-refractivity contribution >= 4 is 23.0 Å². The van der Waals surface area contributed by atoms with Crippen LogP contribution >= 0.6 is 11.6 Å². The minimum absolute atomic E-state index is 0.0218. The van der Waals surface area contributed by atoms with E-state index in [1.807, 2.05) is 35.0 Å². The molecule has 2 bridgehead atoms. The van der Waals surface area contributed by atoms with Crippen LogP contribution in [-0.2, 0) is 0 Å². The van der Waals surface area contributed by atoms with Gasteiger partial charge in [-0.2, -0.15) is 0 Å². The van der Waals surface area contributed by atoms with Gasteiger partial charge in [0.2, 0.25) is 0 Å². The Hall–Kier alpha value is -1.52. The van der Waals surface area contributed by atoms with Crippen LogP contribution in [0.15, 0.2) is 30.6 Å². The van der Waals surface area contributed by atoms with Crippen molar-refractivity contribution in [1.29, 1.82) is 0 Å². The number of aromatic nitrogens is 1. The van der Waals surface area contributed by atoms with Crippen LogP contribution in [0.3, 0.4) is 0 Å². The molecule has 3 saturated heterocycles. The molecule has 5 heteroatoms. The lowest BCUT2D eigenvalue weighted by Gasteiger charge is -2.44. The average molecular weight is 304 g/mol. The molecular weight excluding hydrogens is 286 g/mol. The normalized spacial score (nSPS) is 28.0. The lowest BCUT2D eigenvalue weighted by Crippen LogP contribution is -2.57. The summed E-state index contributed by atoms with van der Waals surface area (Å²) in [5, 5.41) is 3.90. The first-order chi connectivity index (χ1) is 10.2. The molecule has 21 heavy (non-hydrogen) atoms. The molecule has 2 aromatic heterocycles. The van der Waals surface area contributed by atoms with E-state index in [0.717, 1.165) is 12.1 Å². The maximum Gasteiger partial charge on any atom is 0.251 e. The number of hydrogen-bond donors (Lipinski definition) is 1. The monoisotopic (exact) mass is 303 g/mol. The molecule has 2 aromatic rings. The van der Waals surface area contributed by atoms with Gasteiger partial charge < -0.3 is 14.6 Å². The molecule has 5 rings (SSSR count). The highest BCUT2D eigenvalue weighted by Crippen LogP contribution is 2.27. The number of halogens is 1. The van der Waals surface area contributed by atoms with Crippen LogP contribution in [0.4, 0.5) is 0 Å². The van der Waals surface area contributed by atoms with Crippen molar-refractivity contribution in [3.05, 3.63) is 41.2 Å². The summed E-state index contributed by atoms with van der Waals surface area (Å²) in [6.45, 7) is 3.37. The number of piperidine rings is 3. The molecule has 3 aliphatic rings. The summed E-state index contributed by atoms with van der Waals surface area (Å²) in [4.78, 5) is 14.9. The second kappa shape index (κ2) is 5.04. The topological polar surface area (TPSA) is 36.8 Å². The molecule has 0 radical (unpaired) electrons. The summed E-state index contributed by atoms with van der Waals surface area (Å²) in [5.74, 6) is 0.666. The molecule has 0 aliphatic carbocycles. The van der Waals surface area contributed by atoms with Crippen LogP contribution in [0, 0.1) is 5.92 Å². The molecule has 1 unspecified atom stereocenters. The van der Waals surface area contributed by atoms with Crippen molar-refractivity contribution in [2.24, 2.45) is 5.92 Å². The number of pyridine rings is 1. The Kier molecular flexibility index (Phi) is 3.16. The third-order valence-electron chi connectivity index (χ3n) is 4.80. The Morgan fingerprint density at radius 2 is 2.10 bits per heavy atom. The van der Waals surface area contributed by atoms with Crippen molar-refractivity contribution in [2.45, 2.75) is 18.9 Å². The SMILES string of the molecule is O=C(NC1CN2CCC1CC2)c1ccn2cc(Cl)cc2c1. The molecule has 1 atom stereocenters. The summed E-state index contributed by atoms with van der Waals surface area (Å²) >= 11 is 5.99. The lowest BCUT2D eigenvalue weighted by molar-refractivity contribution is 0.0620. The van der Waals surface area contributed by atoms with Gasteiger partial charge >= 0.3 is 0 Å². The fourth-order valence-corrected chi connectivity index (χ4v) is 3.81. The van der Waals surface area contributed by atoms with E-state index in [4.69, 9.17) is 11.6 Å². The zero-order valence-corrected chi connectivity index (χ0v) is 12.5. The molecule has 3 fully saturated rings. The van der Waals surface area contributed by atoms with Gasteiger partial charge in [0.25, 0.3) is 5.91 Å². The standard InChI is InChI=1S/C16H18ClN3O/c17-13-8-14-7-12(3-6-20(14)9-13)16(21)18-15-10-19-4-1-11(15)2-5-19/h3,6-9,11,15H,1-2,4-5,10H2,(H,18,21). The van der Waals surface area contributed by atoms with E-state index in [-0.39, 0.29) is 5.91 Å². The van der Waals surface area contributed by atoms with Gasteiger partial charge in [0.1, 0.15) is 0 Å². The number of carbonyl (C=O) groups is 1. The maximum absolute atomic E-state index is 12.5. The Bertz CT molecular complexity index is 688. The van der Waals surface area contributed by atoms with Crippen molar-refractivity contribution in [3.63, 3.8) is 0 Å². The molecule has 0 aromatic carbocycles. The number of fused-ring (bicyclic) bond motifs is 4. The third-order valence-corrected chi connectivity index (χ3v) is 5.01. The highest BCUT2D eigenvalue weighted by Gasteiger charge is 2.34. The van der Waals surface area contributed by atoms with E-state index in [9.17, 15) is 4.79 Å². The van der Waals surface area contributed by atoms with E-state index in [1.165, 1.54) is 25.9 Å². The van der Waals surface area contributed by atoms with Crippen LogP contribution in [0.1, 0.15) is 23.2 Å². The first kappa shape index (κ1) is 13.2. The highest BCUT2D eigenvalue weighted by molar-refractivity contribution is 6.31. The number of rotatable bonds is 2. The number of carbonyl (C=O) groups excluding carboxylic acids is 1. The molecule has 1 N–H and O–H groups in total. The molecule has 110 valence electrons. The average Bonchev–Trinajstić information content (AvgIpc) is 2.87. The predicted octanol–water partition coefficient (Wildman–Crippen LogP) is 2.42. The number of nitrogens with one attached hydrogen (secondary N) is 1. The van der Waals surface area contributed by atoms with Gasteiger partial charge in [-0.05, 0) is 50.0 Å². The van der Waals surface area contributed by atoms with Crippen molar-refractivity contribution in [1.82, 2.24) is 14.6 Å². The molecule has 5 heterocycles. The zero-order chi connectivity index (χ0) is 14.4. The number of hydrogen-bond acceptors (Lipinski definition) is 2. The van der Waals surface area contributed by atoms with Gasteiger partial charge in [0.15, 0.2) is 0 Å². The van der Waals surface area contributed by atoms with Gasteiger partial charge in [-0.15, -0.1) is 0 Å². The van der Waals surface area contributed by atoms with Crippen LogP contribution in [0.5, 0.6) is 0 Å². The molecule has 3 aliphatic heterocycles. The van der Waals surface area contributed by atoms with E-state index in [1.54, 1.807) is 0 Å². The zero-order valence-electron chi connectivity index (χ0n) is 11.8. The van der Waals surface area contributed by atoms with Crippen molar-refractivity contribution in [3.8, 4) is 0 Å². The summed E-state index contributed by atoms with van der Waals surface area (Å²) in [7, 11) is 0. The largest absolute Gasteiger partial charge is 0.348 e. The second-order valence-corrected chi connectivity index (χ2v) is 6.56. The third kappa shape index (κ3) is 2.43. The van der Waals surface area contributed by atoms with Crippen LogP contribution in [-0.4, -0.2) is 40.9 Å².